The van der Waals surface area contributed by atoms with E-state index in [2.05, 4.69) is 39.7 Å². The third-order valence-corrected chi connectivity index (χ3v) is 5.73. The molecule has 6 heteroatoms. The maximum Gasteiger partial charge on any atom is 0.255 e. The molecule has 2 aliphatic rings. The van der Waals surface area contributed by atoms with Gasteiger partial charge in [-0.3, -0.25) is 9.78 Å². The van der Waals surface area contributed by atoms with Crippen LogP contribution in [-0.4, -0.2) is 51.5 Å². The Bertz CT molecular complexity index is 953. The van der Waals surface area contributed by atoms with Crippen LogP contribution < -0.4 is 4.90 Å². The zero-order valence-electron chi connectivity index (χ0n) is 14.7. The topological polar surface area (TPSA) is 54.3 Å². The summed E-state index contributed by atoms with van der Waals surface area (Å²) in [4.78, 5) is 25.9. The molecule has 132 valence electrons. The largest absolute Gasteiger partial charge is 0.342 e. The Morgan fingerprint density at radius 2 is 1.81 bits per heavy atom. The van der Waals surface area contributed by atoms with Crippen molar-refractivity contribution in [3.63, 3.8) is 0 Å². The van der Waals surface area contributed by atoms with Crippen molar-refractivity contribution in [1.82, 2.24) is 19.4 Å². The van der Waals surface area contributed by atoms with E-state index in [1.165, 1.54) is 0 Å². The highest BCUT2D eigenvalue weighted by molar-refractivity contribution is 5.94. The molecule has 0 radical (unpaired) electrons. The number of anilines is 1. The predicted molar refractivity (Wildman–Crippen MR) is 100 cm³/mol. The van der Waals surface area contributed by atoms with Crippen LogP contribution in [0.2, 0.25) is 0 Å². The van der Waals surface area contributed by atoms with Crippen LogP contribution in [0.5, 0.6) is 0 Å². The van der Waals surface area contributed by atoms with E-state index in [1.54, 1.807) is 12.4 Å². The van der Waals surface area contributed by atoms with E-state index < -0.39 is 0 Å². The molecule has 2 unspecified atom stereocenters. The monoisotopic (exact) mass is 347 g/mol. The number of benzene rings is 1. The summed E-state index contributed by atoms with van der Waals surface area (Å²) in [7, 11) is 2.08. The lowest BCUT2D eigenvalue weighted by Gasteiger charge is -2.22. The molecule has 2 aromatic heterocycles. The second kappa shape index (κ2) is 5.83. The molecule has 3 aromatic rings. The zero-order chi connectivity index (χ0) is 17.7. The van der Waals surface area contributed by atoms with E-state index in [4.69, 9.17) is 4.98 Å². The second-order valence-electron chi connectivity index (χ2n) is 7.34. The molecule has 4 heterocycles. The van der Waals surface area contributed by atoms with Crippen LogP contribution in [0.3, 0.4) is 0 Å². The highest BCUT2D eigenvalue weighted by Crippen LogP contribution is 2.35. The van der Waals surface area contributed by atoms with Crippen LogP contribution in [0, 0.1) is 11.8 Å². The molecule has 2 fully saturated rings. The van der Waals surface area contributed by atoms with Gasteiger partial charge in [0, 0.05) is 57.5 Å². The molecular weight excluding hydrogens is 326 g/mol. The molecule has 26 heavy (non-hydrogen) atoms. The van der Waals surface area contributed by atoms with E-state index in [-0.39, 0.29) is 5.91 Å². The molecule has 1 aromatic carbocycles. The Hall–Kier alpha value is -2.89. The zero-order valence-corrected chi connectivity index (χ0v) is 14.7. The third-order valence-electron chi connectivity index (χ3n) is 5.73. The second-order valence-corrected chi connectivity index (χ2v) is 7.34. The number of likely N-dealkylation sites (tertiary alicyclic amines) is 1. The number of amides is 1. The van der Waals surface area contributed by atoms with Gasteiger partial charge in [-0.15, -0.1) is 0 Å². The van der Waals surface area contributed by atoms with Crippen molar-refractivity contribution in [3.05, 3.63) is 54.4 Å². The van der Waals surface area contributed by atoms with Crippen LogP contribution >= 0.6 is 0 Å². The fraction of sp³-hybridized carbons (Fsp3) is 0.350. The highest BCUT2D eigenvalue weighted by atomic mass is 16.2. The van der Waals surface area contributed by atoms with Crippen molar-refractivity contribution < 1.29 is 4.79 Å². The first kappa shape index (κ1) is 15.4. The van der Waals surface area contributed by atoms with Gasteiger partial charge in [0.2, 0.25) is 5.95 Å². The predicted octanol–water partition coefficient (Wildman–Crippen LogP) is 2.18. The average molecular weight is 347 g/mol. The Kier molecular flexibility index (Phi) is 3.45. The van der Waals surface area contributed by atoms with E-state index in [0.717, 1.165) is 43.2 Å². The van der Waals surface area contributed by atoms with Crippen LogP contribution in [0.25, 0.3) is 11.0 Å². The Morgan fingerprint density at radius 1 is 1.04 bits per heavy atom. The van der Waals surface area contributed by atoms with Crippen molar-refractivity contribution in [2.24, 2.45) is 18.9 Å². The van der Waals surface area contributed by atoms with E-state index in [9.17, 15) is 4.79 Å². The first-order valence-electron chi connectivity index (χ1n) is 9.06. The third kappa shape index (κ3) is 2.36. The van der Waals surface area contributed by atoms with Gasteiger partial charge in [0.15, 0.2) is 0 Å². The fourth-order valence-corrected chi connectivity index (χ4v) is 4.41. The number of carbonyl (C=O) groups excluding carboxylic acids is 1. The summed E-state index contributed by atoms with van der Waals surface area (Å²) in [5, 5.41) is 0. The van der Waals surface area contributed by atoms with Crippen molar-refractivity contribution in [3.8, 4) is 0 Å². The van der Waals surface area contributed by atoms with E-state index in [1.807, 2.05) is 23.1 Å². The number of nitrogens with zero attached hydrogens (tertiary/aromatic N) is 5. The SMILES string of the molecule is Cn1c(N2CC3CN(C(=O)c4cccnc4)CC3C2)nc2ccccc21. The van der Waals surface area contributed by atoms with Crippen molar-refractivity contribution in [2.75, 3.05) is 31.1 Å². The maximum atomic E-state index is 12.7. The van der Waals surface area contributed by atoms with Crippen LogP contribution in [0.15, 0.2) is 48.8 Å². The van der Waals surface area contributed by atoms with Gasteiger partial charge in [0.05, 0.1) is 16.6 Å². The number of rotatable bonds is 2. The van der Waals surface area contributed by atoms with Crippen LogP contribution in [-0.2, 0) is 7.05 Å². The first-order chi connectivity index (χ1) is 12.7. The van der Waals surface area contributed by atoms with Gasteiger partial charge in [0.25, 0.3) is 5.91 Å². The minimum absolute atomic E-state index is 0.0989. The van der Waals surface area contributed by atoms with Crippen molar-refractivity contribution in [2.45, 2.75) is 0 Å². The summed E-state index contributed by atoms with van der Waals surface area (Å²) in [6, 6.07) is 11.9. The van der Waals surface area contributed by atoms with Gasteiger partial charge in [-0.05, 0) is 24.3 Å². The minimum atomic E-state index is 0.0989. The van der Waals surface area contributed by atoms with Gasteiger partial charge in [-0.25, -0.2) is 4.98 Å². The van der Waals surface area contributed by atoms with Gasteiger partial charge >= 0.3 is 0 Å². The minimum Gasteiger partial charge on any atom is -0.342 e. The van der Waals surface area contributed by atoms with Gasteiger partial charge in [0.1, 0.15) is 0 Å². The molecule has 2 atom stereocenters. The lowest BCUT2D eigenvalue weighted by molar-refractivity contribution is 0.0782. The number of pyridine rings is 1. The lowest BCUT2D eigenvalue weighted by atomic mass is 10.0. The molecule has 1 amide bonds. The Balaban J connectivity index is 1.32. The van der Waals surface area contributed by atoms with Crippen LogP contribution in [0.1, 0.15) is 10.4 Å². The van der Waals surface area contributed by atoms with E-state index >= 15 is 0 Å². The molecule has 0 spiro atoms. The summed E-state index contributed by atoms with van der Waals surface area (Å²) < 4.78 is 2.18. The first-order valence-corrected chi connectivity index (χ1v) is 9.06. The molecule has 6 nitrogen and oxygen atoms in total. The Labute approximate surface area is 152 Å². The number of carbonyl (C=O) groups is 1. The Morgan fingerprint density at radius 3 is 2.50 bits per heavy atom. The van der Waals surface area contributed by atoms with Gasteiger partial charge in [-0.1, -0.05) is 12.1 Å². The molecule has 0 bridgehead atoms. The molecular formula is C20H21N5O. The summed E-state index contributed by atoms with van der Waals surface area (Å²) >= 11 is 0. The van der Waals surface area contributed by atoms with Gasteiger partial charge < -0.3 is 14.4 Å². The number of aryl methyl sites for hydroxylation is 1. The van der Waals surface area contributed by atoms with Crippen molar-refractivity contribution >= 4 is 22.9 Å². The molecule has 0 saturated carbocycles. The standard InChI is InChI=1S/C20H21N5O/c1-23-18-7-3-2-6-17(18)22-20(23)25-12-15-10-24(11-16(15)13-25)19(26)14-5-4-8-21-9-14/h2-9,15-16H,10-13H2,1H3. The summed E-state index contributed by atoms with van der Waals surface area (Å²) in [5.74, 6) is 2.15. The quantitative estimate of drug-likeness (QED) is 0.713. The molecule has 0 aliphatic carbocycles. The number of fused-ring (bicyclic) bond motifs is 2. The maximum absolute atomic E-state index is 12.7. The summed E-state index contributed by atoms with van der Waals surface area (Å²) in [5.41, 5.74) is 2.88. The van der Waals surface area contributed by atoms with E-state index in [0.29, 0.717) is 17.4 Å². The summed E-state index contributed by atoms with van der Waals surface area (Å²) in [6.07, 6.45) is 3.35. The molecule has 2 aliphatic heterocycles. The number of imidazole rings is 1. The lowest BCUT2D eigenvalue weighted by Crippen LogP contribution is -2.34. The molecule has 2 saturated heterocycles. The van der Waals surface area contributed by atoms with Crippen LogP contribution in [0.4, 0.5) is 5.95 Å². The normalized spacial score (nSPS) is 22.2. The summed E-state index contributed by atoms with van der Waals surface area (Å²) in [6.45, 7) is 3.55. The molecule has 5 rings (SSSR count). The fourth-order valence-electron chi connectivity index (χ4n) is 4.41. The highest BCUT2D eigenvalue weighted by Gasteiger charge is 2.42. The number of hydrogen-bond acceptors (Lipinski definition) is 4. The average Bonchev–Trinajstić information content (AvgIpc) is 3.33. The number of hydrogen-bond donors (Lipinski definition) is 0. The van der Waals surface area contributed by atoms with Gasteiger partial charge in [-0.2, -0.15) is 0 Å². The molecule has 0 N–H and O–H groups in total. The number of aromatic nitrogens is 3. The number of para-hydroxylation sites is 2. The van der Waals surface area contributed by atoms with Crippen molar-refractivity contribution in [1.29, 1.82) is 0 Å². The smallest absolute Gasteiger partial charge is 0.255 e.